The summed E-state index contributed by atoms with van der Waals surface area (Å²) in [6.07, 6.45) is 10.8. The van der Waals surface area contributed by atoms with Crippen LogP contribution in [0.5, 0.6) is 0 Å². The van der Waals surface area contributed by atoms with E-state index in [1.807, 2.05) is 38.1 Å². The average Bonchev–Trinajstić information content (AvgIpc) is 3.58. The molecule has 4 rings (SSSR count). The molecule has 2 aromatic rings. The number of hydrogen-bond acceptors (Lipinski definition) is 8. The summed E-state index contributed by atoms with van der Waals surface area (Å²) in [5.41, 5.74) is 4.78. The zero-order chi connectivity index (χ0) is 35.0. The number of carbonyl (C=O) groups is 3. The first-order valence-electron chi connectivity index (χ1n) is 18.5. The Hall–Kier alpha value is -3.49. The van der Waals surface area contributed by atoms with Crippen molar-refractivity contribution in [3.8, 4) is 11.1 Å². The van der Waals surface area contributed by atoms with Gasteiger partial charge in [0.1, 0.15) is 0 Å². The number of ether oxygens (including phenoxy) is 5. The van der Waals surface area contributed by atoms with Crippen molar-refractivity contribution in [3.05, 3.63) is 71.8 Å². The van der Waals surface area contributed by atoms with Gasteiger partial charge in [-0.1, -0.05) is 107 Å². The number of rotatable bonds is 19. The smallest absolute Gasteiger partial charge is 0.338 e. The van der Waals surface area contributed by atoms with Gasteiger partial charge in [0.05, 0.1) is 19.8 Å². The van der Waals surface area contributed by atoms with Crippen LogP contribution in [-0.2, 0) is 38.1 Å². The van der Waals surface area contributed by atoms with Crippen LogP contribution < -0.4 is 0 Å². The maximum atomic E-state index is 12.8. The minimum Gasteiger partial charge on any atom is -0.464 e. The fourth-order valence-corrected chi connectivity index (χ4v) is 6.50. The monoisotopic (exact) mass is 676 g/mol. The topological polar surface area (TPSA) is 97.4 Å². The quantitative estimate of drug-likeness (QED) is 0.0629. The Morgan fingerprint density at radius 2 is 1.14 bits per heavy atom. The minimum absolute atomic E-state index is 0.270. The van der Waals surface area contributed by atoms with Gasteiger partial charge < -0.3 is 23.7 Å². The molecule has 2 atom stereocenters. The first-order chi connectivity index (χ1) is 23.8. The molecule has 1 aliphatic carbocycles. The molecule has 0 amide bonds. The van der Waals surface area contributed by atoms with Crippen molar-refractivity contribution >= 4 is 17.9 Å². The van der Waals surface area contributed by atoms with Gasteiger partial charge in [-0.2, -0.15) is 0 Å². The molecule has 1 saturated carbocycles. The van der Waals surface area contributed by atoms with Crippen LogP contribution in [0.4, 0.5) is 0 Å². The molecule has 2 aliphatic rings. The molecule has 268 valence electrons. The molecule has 0 bridgehead atoms. The lowest BCUT2D eigenvalue weighted by Gasteiger charge is -2.29. The molecule has 0 N–H and O–H groups in total. The molecule has 1 heterocycles. The normalized spacial score (nSPS) is 20.9. The molecular formula is C41H56O8. The van der Waals surface area contributed by atoms with Crippen molar-refractivity contribution in [1.82, 2.24) is 0 Å². The van der Waals surface area contributed by atoms with E-state index >= 15 is 0 Å². The second-order valence-corrected chi connectivity index (χ2v) is 13.6. The molecule has 8 nitrogen and oxygen atoms in total. The Balaban J connectivity index is 1.24. The predicted octanol–water partition coefficient (Wildman–Crippen LogP) is 9.17. The lowest BCUT2D eigenvalue weighted by molar-refractivity contribution is -0.163. The van der Waals surface area contributed by atoms with E-state index in [4.69, 9.17) is 23.7 Å². The van der Waals surface area contributed by atoms with Crippen molar-refractivity contribution < 1.29 is 38.1 Å². The molecule has 49 heavy (non-hydrogen) atoms. The average molecular weight is 677 g/mol. The number of hydrogen-bond donors (Lipinski definition) is 0. The first kappa shape index (κ1) is 38.3. The summed E-state index contributed by atoms with van der Waals surface area (Å²) >= 11 is 0. The van der Waals surface area contributed by atoms with Crippen molar-refractivity contribution in [2.45, 2.75) is 129 Å². The van der Waals surface area contributed by atoms with E-state index in [0.717, 1.165) is 61.1 Å². The summed E-state index contributed by atoms with van der Waals surface area (Å²) in [5, 5.41) is 0. The highest BCUT2D eigenvalue weighted by Gasteiger charge is 2.47. The third-order valence-corrected chi connectivity index (χ3v) is 9.60. The van der Waals surface area contributed by atoms with E-state index in [1.54, 1.807) is 6.92 Å². The number of benzene rings is 2. The predicted molar refractivity (Wildman–Crippen MR) is 190 cm³/mol. The Bertz CT molecular complexity index is 1300. The van der Waals surface area contributed by atoms with Crippen LogP contribution >= 0.6 is 0 Å². The second-order valence-electron chi connectivity index (χ2n) is 13.6. The number of unbranched alkanes of at least 4 members (excludes halogenated alkanes) is 5. The fourth-order valence-electron chi connectivity index (χ4n) is 6.50. The van der Waals surface area contributed by atoms with Gasteiger partial charge in [-0.15, -0.1) is 0 Å². The van der Waals surface area contributed by atoms with Gasteiger partial charge in [0.15, 0.2) is 18.5 Å². The first-order valence-corrected chi connectivity index (χ1v) is 18.5. The van der Waals surface area contributed by atoms with Gasteiger partial charge in [0.25, 0.3) is 0 Å². The Labute approximate surface area is 292 Å². The van der Waals surface area contributed by atoms with E-state index in [9.17, 15) is 14.4 Å². The Kier molecular flexibility index (Phi) is 15.8. The third kappa shape index (κ3) is 11.8. The zero-order valence-corrected chi connectivity index (χ0v) is 29.8. The van der Waals surface area contributed by atoms with Gasteiger partial charge in [-0.05, 0) is 80.4 Å². The largest absolute Gasteiger partial charge is 0.464 e. The summed E-state index contributed by atoms with van der Waals surface area (Å²) in [4.78, 5) is 37.1. The summed E-state index contributed by atoms with van der Waals surface area (Å²) in [6.45, 7) is 10.3. The van der Waals surface area contributed by atoms with Gasteiger partial charge in [0, 0.05) is 11.1 Å². The molecule has 0 radical (unpaired) electrons. The third-order valence-electron chi connectivity index (χ3n) is 9.60. The van der Waals surface area contributed by atoms with Gasteiger partial charge in [-0.25, -0.2) is 14.4 Å². The van der Waals surface area contributed by atoms with Crippen LogP contribution in [0.15, 0.2) is 60.7 Å². The van der Waals surface area contributed by atoms with Gasteiger partial charge in [-0.3, -0.25) is 0 Å². The van der Waals surface area contributed by atoms with E-state index in [1.165, 1.54) is 50.5 Å². The highest BCUT2D eigenvalue weighted by molar-refractivity contribution is 5.87. The Morgan fingerprint density at radius 1 is 0.653 bits per heavy atom. The minimum atomic E-state index is -1.17. The maximum Gasteiger partial charge on any atom is 0.338 e. The highest BCUT2D eigenvalue weighted by atomic mass is 16.8. The standard InChI is InChI=1S/C41H56O8/c1-5-7-26-46-39(43)36-37(40(44)47-27-8-6-2)49-41(48-36)35-24-22-34(23-25-35)33-20-18-32(19-21-33)31-16-14-30(15-17-31)13-11-9-10-12-28-45-38(42)29(3)4/h18-25,30-31,36-37,41H,3,5-17,26-28H2,1-2,4H3/t30?,31?,36-,37-/m1/s1. The van der Waals surface area contributed by atoms with E-state index in [0.29, 0.717) is 18.1 Å². The zero-order valence-electron chi connectivity index (χ0n) is 29.8. The van der Waals surface area contributed by atoms with Gasteiger partial charge >= 0.3 is 17.9 Å². The van der Waals surface area contributed by atoms with Gasteiger partial charge in [0.2, 0.25) is 0 Å². The maximum absolute atomic E-state index is 12.8. The summed E-state index contributed by atoms with van der Waals surface area (Å²) < 4.78 is 27.8. The molecule has 1 aliphatic heterocycles. The molecule has 1 saturated heterocycles. The SMILES string of the molecule is C=C(C)C(=O)OCCCCCCC1CCC(c2ccc(-c3ccc(C4O[C@@H](C(=O)OCCCC)[C@H](C(=O)OCCCC)O4)cc3)cc2)CC1. The van der Waals surface area contributed by atoms with Crippen molar-refractivity contribution in [3.63, 3.8) is 0 Å². The molecule has 0 unspecified atom stereocenters. The molecule has 0 spiro atoms. The highest BCUT2D eigenvalue weighted by Crippen LogP contribution is 2.39. The summed E-state index contributed by atoms with van der Waals surface area (Å²) in [6, 6.07) is 16.8. The lowest BCUT2D eigenvalue weighted by atomic mass is 9.77. The van der Waals surface area contributed by atoms with Crippen molar-refractivity contribution in [2.75, 3.05) is 19.8 Å². The second kappa shape index (κ2) is 20.2. The van der Waals surface area contributed by atoms with Crippen LogP contribution in [0.3, 0.4) is 0 Å². The molecule has 8 heteroatoms. The fraction of sp³-hybridized carbons (Fsp3) is 0.585. The van der Waals surface area contributed by atoms with E-state index < -0.39 is 30.4 Å². The van der Waals surface area contributed by atoms with E-state index in [-0.39, 0.29) is 19.2 Å². The van der Waals surface area contributed by atoms with Crippen LogP contribution in [0, 0.1) is 5.92 Å². The molecular weight excluding hydrogens is 620 g/mol. The Morgan fingerprint density at radius 3 is 1.65 bits per heavy atom. The van der Waals surface area contributed by atoms with Crippen LogP contribution in [0.25, 0.3) is 11.1 Å². The number of esters is 3. The van der Waals surface area contributed by atoms with Crippen LogP contribution in [-0.4, -0.2) is 49.9 Å². The van der Waals surface area contributed by atoms with Crippen molar-refractivity contribution in [2.24, 2.45) is 5.92 Å². The summed E-state index contributed by atoms with van der Waals surface area (Å²) in [7, 11) is 0. The molecule has 2 fully saturated rings. The van der Waals surface area contributed by atoms with E-state index in [2.05, 4.69) is 30.8 Å². The molecule has 2 aromatic carbocycles. The van der Waals surface area contributed by atoms with Crippen LogP contribution in [0.1, 0.15) is 128 Å². The lowest BCUT2D eigenvalue weighted by Crippen LogP contribution is -2.39. The number of carbonyl (C=O) groups excluding carboxylic acids is 3. The summed E-state index contributed by atoms with van der Waals surface area (Å²) in [5.74, 6) is -0.0815. The van der Waals surface area contributed by atoms with Crippen LogP contribution in [0.2, 0.25) is 0 Å². The van der Waals surface area contributed by atoms with Crippen molar-refractivity contribution in [1.29, 1.82) is 0 Å². The molecule has 0 aromatic heterocycles.